The van der Waals surface area contributed by atoms with Crippen molar-refractivity contribution in [2.75, 3.05) is 0 Å². The minimum absolute atomic E-state index is 0.677. The monoisotopic (exact) mass is 352 g/mol. The molecule has 0 spiro atoms. The van der Waals surface area contributed by atoms with Crippen LogP contribution in [0.15, 0.2) is 60.7 Å². The van der Waals surface area contributed by atoms with Crippen molar-refractivity contribution < 1.29 is 0 Å². The molecule has 3 heteroatoms. The second kappa shape index (κ2) is 8.39. The molecule has 2 bridgehead atoms. The third kappa shape index (κ3) is 4.46. The molecule has 2 heterocycles. The molecule has 2 fully saturated rings. The normalized spacial score (nSPS) is 28.6. The largest absolute Gasteiger partial charge is 0.309 e. The summed E-state index contributed by atoms with van der Waals surface area (Å²) in [6.45, 7) is 2.01. The SMILES string of the molecule is c1ccc(CN[C@@H]2CC[C@H]3S[C@H]2CC[C@H]3NCc2ccccc2)cc1. The van der Waals surface area contributed by atoms with E-state index in [1.807, 2.05) is 0 Å². The van der Waals surface area contributed by atoms with Crippen molar-refractivity contribution in [3.8, 4) is 0 Å². The maximum absolute atomic E-state index is 3.82. The van der Waals surface area contributed by atoms with E-state index in [0.717, 1.165) is 23.6 Å². The number of hydrogen-bond acceptors (Lipinski definition) is 3. The zero-order valence-corrected chi connectivity index (χ0v) is 15.6. The summed E-state index contributed by atoms with van der Waals surface area (Å²) in [4.78, 5) is 0. The molecule has 2 aliphatic rings. The molecule has 2 N–H and O–H groups in total. The Labute approximate surface area is 155 Å². The van der Waals surface area contributed by atoms with Crippen LogP contribution in [-0.4, -0.2) is 22.6 Å². The van der Waals surface area contributed by atoms with E-state index in [0.29, 0.717) is 12.1 Å². The van der Waals surface area contributed by atoms with Crippen molar-refractivity contribution in [2.45, 2.75) is 61.4 Å². The van der Waals surface area contributed by atoms with Crippen molar-refractivity contribution in [2.24, 2.45) is 0 Å². The van der Waals surface area contributed by atoms with Gasteiger partial charge in [0.2, 0.25) is 0 Å². The van der Waals surface area contributed by atoms with Crippen LogP contribution in [0.4, 0.5) is 0 Å². The zero-order chi connectivity index (χ0) is 16.9. The summed E-state index contributed by atoms with van der Waals surface area (Å²) in [6.07, 6.45) is 5.30. The van der Waals surface area contributed by atoms with Crippen LogP contribution in [0.5, 0.6) is 0 Å². The smallest absolute Gasteiger partial charge is 0.0208 e. The Kier molecular flexibility index (Phi) is 5.75. The van der Waals surface area contributed by atoms with Crippen LogP contribution >= 0.6 is 11.8 Å². The fraction of sp³-hybridized carbons (Fsp3) is 0.455. The minimum atomic E-state index is 0.677. The van der Waals surface area contributed by atoms with E-state index in [-0.39, 0.29) is 0 Å². The van der Waals surface area contributed by atoms with Crippen molar-refractivity contribution in [1.29, 1.82) is 0 Å². The number of fused-ring (bicyclic) bond motifs is 2. The summed E-state index contributed by atoms with van der Waals surface area (Å²) in [5, 5.41) is 9.23. The third-order valence-corrected chi connectivity index (χ3v) is 7.42. The molecule has 2 nitrogen and oxygen atoms in total. The molecule has 4 rings (SSSR count). The fourth-order valence-electron chi connectivity index (χ4n) is 4.17. The van der Waals surface area contributed by atoms with Crippen LogP contribution in [0.1, 0.15) is 36.8 Å². The zero-order valence-electron chi connectivity index (χ0n) is 14.7. The molecule has 4 atom stereocenters. The highest BCUT2D eigenvalue weighted by molar-refractivity contribution is 8.00. The lowest BCUT2D eigenvalue weighted by atomic mass is 9.91. The average molecular weight is 353 g/mol. The van der Waals surface area contributed by atoms with Crippen molar-refractivity contribution in [3.05, 3.63) is 71.8 Å². The van der Waals surface area contributed by atoms with Gasteiger partial charge in [-0.1, -0.05) is 60.7 Å². The van der Waals surface area contributed by atoms with E-state index in [1.165, 1.54) is 36.8 Å². The van der Waals surface area contributed by atoms with Gasteiger partial charge in [0.1, 0.15) is 0 Å². The van der Waals surface area contributed by atoms with Crippen molar-refractivity contribution >= 4 is 11.8 Å². The number of hydrogen-bond donors (Lipinski definition) is 2. The number of thioether (sulfide) groups is 1. The molecule has 0 amide bonds. The standard InChI is InChI=1S/C22H28N2S/c1-3-7-17(8-4-1)15-23-19-11-13-22-20(12-14-21(19)25-22)24-16-18-9-5-2-6-10-18/h1-10,19-24H,11-16H2/t19-,20-,21-,22+/m1/s1. The van der Waals surface area contributed by atoms with Gasteiger partial charge in [0.25, 0.3) is 0 Å². The Morgan fingerprint density at radius 2 is 1.08 bits per heavy atom. The average Bonchev–Trinajstić information content (AvgIpc) is 2.68. The number of nitrogens with one attached hydrogen (secondary N) is 2. The second-order valence-corrected chi connectivity index (χ2v) is 8.80. The topological polar surface area (TPSA) is 24.1 Å². The molecule has 0 aliphatic carbocycles. The maximum Gasteiger partial charge on any atom is 0.0208 e. The number of rotatable bonds is 6. The first kappa shape index (κ1) is 17.1. The Hall–Kier alpha value is -1.29. The van der Waals surface area contributed by atoms with Crippen LogP contribution in [0.2, 0.25) is 0 Å². The van der Waals surface area contributed by atoms with Gasteiger partial charge in [0.05, 0.1) is 0 Å². The summed E-state index contributed by atoms with van der Waals surface area (Å²) >= 11 is 2.23. The van der Waals surface area contributed by atoms with Crippen LogP contribution in [0.25, 0.3) is 0 Å². The number of benzene rings is 2. The molecule has 0 saturated carbocycles. The lowest BCUT2D eigenvalue weighted by molar-refractivity contribution is 0.330. The van der Waals surface area contributed by atoms with Crippen LogP contribution in [0.3, 0.4) is 0 Å². The minimum Gasteiger partial charge on any atom is -0.309 e. The summed E-state index contributed by atoms with van der Waals surface area (Å²) in [5.74, 6) is 0. The maximum atomic E-state index is 3.82. The predicted molar refractivity (Wildman–Crippen MR) is 108 cm³/mol. The quantitative estimate of drug-likeness (QED) is 0.808. The molecule has 2 aromatic rings. The Morgan fingerprint density at radius 1 is 0.640 bits per heavy atom. The van der Waals surface area contributed by atoms with E-state index >= 15 is 0 Å². The second-order valence-electron chi connectivity index (χ2n) is 7.31. The Morgan fingerprint density at radius 3 is 1.52 bits per heavy atom. The van der Waals surface area contributed by atoms with E-state index in [1.54, 1.807) is 0 Å². The molecular weight excluding hydrogens is 324 g/mol. The van der Waals surface area contributed by atoms with Gasteiger partial charge in [-0.2, -0.15) is 11.8 Å². The molecule has 0 unspecified atom stereocenters. The molecule has 2 saturated heterocycles. The van der Waals surface area contributed by atoms with E-state index in [4.69, 9.17) is 0 Å². The lowest BCUT2D eigenvalue weighted by Crippen LogP contribution is -2.51. The van der Waals surface area contributed by atoms with E-state index in [2.05, 4.69) is 83.1 Å². The first-order valence-electron chi connectivity index (χ1n) is 9.58. The van der Waals surface area contributed by atoms with Crippen LogP contribution in [0, 0.1) is 0 Å². The third-order valence-electron chi connectivity index (χ3n) is 5.59. The summed E-state index contributed by atoms with van der Waals surface area (Å²) in [6, 6.07) is 22.9. The van der Waals surface area contributed by atoms with Gasteiger partial charge in [-0.15, -0.1) is 0 Å². The molecule has 132 valence electrons. The first-order valence-corrected chi connectivity index (χ1v) is 10.5. The van der Waals surface area contributed by atoms with Gasteiger partial charge in [-0.25, -0.2) is 0 Å². The fourth-order valence-corrected chi connectivity index (χ4v) is 6.01. The first-order chi connectivity index (χ1) is 12.4. The predicted octanol–water partition coefficient (Wildman–Crippen LogP) is 4.36. The summed E-state index contributed by atoms with van der Waals surface area (Å²) < 4.78 is 0. The Balaban J connectivity index is 1.26. The van der Waals surface area contributed by atoms with Gasteiger partial charge in [0.15, 0.2) is 0 Å². The summed E-state index contributed by atoms with van der Waals surface area (Å²) in [7, 11) is 0. The van der Waals surface area contributed by atoms with Crippen LogP contribution in [-0.2, 0) is 13.1 Å². The highest BCUT2D eigenvalue weighted by atomic mass is 32.2. The van der Waals surface area contributed by atoms with Gasteiger partial charge >= 0.3 is 0 Å². The Bertz CT molecular complexity index is 588. The van der Waals surface area contributed by atoms with Gasteiger partial charge < -0.3 is 10.6 Å². The molecule has 25 heavy (non-hydrogen) atoms. The van der Waals surface area contributed by atoms with Crippen molar-refractivity contribution in [3.63, 3.8) is 0 Å². The molecule has 0 aromatic heterocycles. The van der Waals surface area contributed by atoms with Gasteiger partial charge in [0, 0.05) is 35.7 Å². The van der Waals surface area contributed by atoms with E-state index in [9.17, 15) is 0 Å². The van der Waals surface area contributed by atoms with Crippen LogP contribution < -0.4 is 10.6 Å². The molecular formula is C22H28N2S. The molecule has 2 aliphatic heterocycles. The lowest BCUT2D eigenvalue weighted by Gasteiger charge is -2.44. The molecule has 0 radical (unpaired) electrons. The van der Waals surface area contributed by atoms with Gasteiger partial charge in [-0.05, 0) is 36.8 Å². The molecule has 2 aromatic carbocycles. The van der Waals surface area contributed by atoms with E-state index < -0.39 is 0 Å². The highest BCUT2D eigenvalue weighted by Gasteiger charge is 2.38. The van der Waals surface area contributed by atoms with Crippen molar-refractivity contribution in [1.82, 2.24) is 10.6 Å². The highest BCUT2D eigenvalue weighted by Crippen LogP contribution is 2.41. The van der Waals surface area contributed by atoms with Gasteiger partial charge in [-0.3, -0.25) is 0 Å². The summed E-state index contributed by atoms with van der Waals surface area (Å²) in [5.41, 5.74) is 2.79.